The minimum Gasteiger partial charge on any atom is -0.494 e. The summed E-state index contributed by atoms with van der Waals surface area (Å²) >= 11 is 0. The Labute approximate surface area is 242 Å². The second-order valence-corrected chi connectivity index (χ2v) is 10.5. The molecule has 1 aliphatic carbocycles. The van der Waals surface area contributed by atoms with E-state index in [1.807, 2.05) is 62.4 Å². The number of ether oxygens (including phenoxy) is 1. The van der Waals surface area contributed by atoms with Crippen LogP contribution in [0.25, 0.3) is 0 Å². The molecule has 8 nitrogen and oxygen atoms in total. The van der Waals surface area contributed by atoms with Gasteiger partial charge in [-0.3, -0.25) is 19.3 Å². The van der Waals surface area contributed by atoms with E-state index < -0.39 is 6.04 Å². The maximum atomic E-state index is 14.0. The lowest BCUT2D eigenvalue weighted by molar-refractivity contribution is -0.127. The van der Waals surface area contributed by atoms with Crippen molar-refractivity contribution < 1.29 is 19.1 Å². The van der Waals surface area contributed by atoms with Crippen molar-refractivity contribution in [3.63, 3.8) is 0 Å². The van der Waals surface area contributed by atoms with E-state index >= 15 is 0 Å². The van der Waals surface area contributed by atoms with E-state index in [2.05, 4.69) is 15.6 Å². The van der Waals surface area contributed by atoms with Gasteiger partial charge >= 0.3 is 0 Å². The number of pyridine rings is 1. The number of amides is 3. The first-order chi connectivity index (χ1) is 19.9. The molecule has 1 fully saturated rings. The van der Waals surface area contributed by atoms with Crippen molar-refractivity contribution in [1.29, 1.82) is 0 Å². The number of aromatic nitrogens is 1. The van der Waals surface area contributed by atoms with E-state index in [9.17, 15) is 14.4 Å². The predicted octanol–water partition coefficient (Wildman–Crippen LogP) is 6.12. The summed E-state index contributed by atoms with van der Waals surface area (Å²) in [6.45, 7) is 4.44. The van der Waals surface area contributed by atoms with Crippen molar-refractivity contribution >= 4 is 29.2 Å². The Kier molecular flexibility index (Phi) is 10.9. The quantitative estimate of drug-likeness (QED) is 0.280. The second kappa shape index (κ2) is 15.0. The van der Waals surface area contributed by atoms with Gasteiger partial charge in [0.05, 0.1) is 6.61 Å². The van der Waals surface area contributed by atoms with Gasteiger partial charge in [-0.25, -0.2) is 4.98 Å². The number of rotatable bonds is 12. The molecule has 2 aromatic carbocycles. The van der Waals surface area contributed by atoms with E-state index in [0.29, 0.717) is 35.8 Å². The number of nitrogens with one attached hydrogen (secondary N) is 2. The molecule has 3 aromatic rings. The van der Waals surface area contributed by atoms with Crippen molar-refractivity contribution in [3.05, 3.63) is 84.1 Å². The molecule has 0 aliphatic heterocycles. The van der Waals surface area contributed by atoms with Crippen LogP contribution in [0.3, 0.4) is 0 Å². The summed E-state index contributed by atoms with van der Waals surface area (Å²) in [6.07, 6.45) is 7.42. The summed E-state index contributed by atoms with van der Waals surface area (Å²) in [4.78, 5) is 46.1. The van der Waals surface area contributed by atoms with Gasteiger partial charge in [0.15, 0.2) is 0 Å². The van der Waals surface area contributed by atoms with Gasteiger partial charge in [0.2, 0.25) is 17.7 Å². The van der Waals surface area contributed by atoms with Crippen molar-refractivity contribution in [2.45, 2.75) is 77.3 Å². The van der Waals surface area contributed by atoms with E-state index in [0.717, 1.165) is 31.2 Å². The highest BCUT2D eigenvalue weighted by Gasteiger charge is 2.34. The highest BCUT2D eigenvalue weighted by Crippen LogP contribution is 2.31. The van der Waals surface area contributed by atoms with Crippen molar-refractivity contribution in [1.82, 2.24) is 10.3 Å². The van der Waals surface area contributed by atoms with Gasteiger partial charge in [0.25, 0.3) is 0 Å². The normalized spacial score (nSPS) is 14.1. The summed E-state index contributed by atoms with van der Waals surface area (Å²) < 4.78 is 5.62. The van der Waals surface area contributed by atoms with Crippen LogP contribution in [-0.2, 0) is 14.4 Å². The molecule has 4 rings (SSSR count). The van der Waals surface area contributed by atoms with Crippen LogP contribution < -0.4 is 20.3 Å². The lowest BCUT2D eigenvalue weighted by Crippen LogP contribution is -2.47. The first-order valence-corrected chi connectivity index (χ1v) is 14.6. The van der Waals surface area contributed by atoms with Gasteiger partial charge in [-0.05, 0) is 75.1 Å². The molecule has 8 heteroatoms. The zero-order valence-corrected chi connectivity index (χ0v) is 24.0. The van der Waals surface area contributed by atoms with Crippen molar-refractivity contribution in [2.24, 2.45) is 0 Å². The number of aryl methyl sites for hydroxylation is 1. The van der Waals surface area contributed by atoms with Crippen LogP contribution in [0.1, 0.15) is 75.5 Å². The van der Waals surface area contributed by atoms with Crippen LogP contribution in [-0.4, -0.2) is 35.4 Å². The lowest BCUT2D eigenvalue weighted by Gasteiger charge is -2.33. The highest BCUT2D eigenvalue weighted by molar-refractivity contribution is 6.01. The number of nitrogens with zero attached hydrogens (tertiary/aromatic N) is 2. The topological polar surface area (TPSA) is 101 Å². The number of hydrogen-bond donors (Lipinski definition) is 2. The number of carbonyl (C=O) groups excluding carboxylic acids is 3. The van der Waals surface area contributed by atoms with E-state index in [-0.39, 0.29) is 36.6 Å². The highest BCUT2D eigenvalue weighted by atomic mass is 16.5. The molecule has 2 N–H and O–H groups in total. The molecular weight excluding hydrogens is 516 g/mol. The van der Waals surface area contributed by atoms with Gasteiger partial charge in [-0.1, -0.05) is 55.2 Å². The Morgan fingerprint density at radius 1 is 0.951 bits per heavy atom. The zero-order chi connectivity index (χ0) is 29.0. The van der Waals surface area contributed by atoms with Gasteiger partial charge in [0.1, 0.15) is 17.6 Å². The third kappa shape index (κ3) is 8.64. The lowest BCUT2D eigenvalue weighted by atomic mass is 9.94. The van der Waals surface area contributed by atoms with E-state index in [1.165, 1.54) is 6.42 Å². The molecule has 0 radical (unpaired) electrons. The number of anilines is 2. The molecule has 3 amide bonds. The summed E-state index contributed by atoms with van der Waals surface area (Å²) in [5.74, 6) is 0.534. The number of carbonyl (C=O) groups is 3. The average molecular weight is 557 g/mol. The Balaban J connectivity index is 1.58. The molecule has 41 heavy (non-hydrogen) atoms. The summed E-state index contributed by atoms with van der Waals surface area (Å²) in [5, 5.41) is 6.00. The van der Waals surface area contributed by atoms with Crippen LogP contribution in [0.4, 0.5) is 11.5 Å². The molecule has 1 unspecified atom stereocenters. The molecule has 216 valence electrons. The Hall–Kier alpha value is -4.20. The molecule has 1 aromatic heterocycles. The summed E-state index contributed by atoms with van der Waals surface area (Å²) in [6, 6.07) is 19.5. The number of hydrogen-bond acceptors (Lipinski definition) is 5. The SMILES string of the molecule is CCOc1ccc(C(C(=O)NC2CCCCC2)N(C(=O)CCCC(=O)Nc2ccccn2)c2ccc(C)cc2)cc1. The maximum absolute atomic E-state index is 14.0. The van der Waals surface area contributed by atoms with Crippen molar-refractivity contribution in [3.8, 4) is 5.75 Å². The summed E-state index contributed by atoms with van der Waals surface area (Å²) in [5.41, 5.74) is 2.39. The van der Waals surface area contributed by atoms with Crippen LogP contribution in [0.5, 0.6) is 5.75 Å². The van der Waals surface area contributed by atoms with Gasteiger partial charge in [0, 0.05) is 30.8 Å². The van der Waals surface area contributed by atoms with Crippen LogP contribution in [0, 0.1) is 6.92 Å². The molecule has 0 bridgehead atoms. The predicted molar refractivity (Wildman–Crippen MR) is 161 cm³/mol. The van der Waals surface area contributed by atoms with Crippen molar-refractivity contribution in [2.75, 3.05) is 16.8 Å². The zero-order valence-electron chi connectivity index (χ0n) is 24.0. The smallest absolute Gasteiger partial charge is 0.248 e. The largest absolute Gasteiger partial charge is 0.494 e. The fraction of sp³-hybridized carbons (Fsp3) is 0.394. The second-order valence-electron chi connectivity index (χ2n) is 10.5. The maximum Gasteiger partial charge on any atom is 0.248 e. The molecular formula is C33H40N4O4. The van der Waals surface area contributed by atoms with Crippen LogP contribution >= 0.6 is 0 Å². The molecule has 1 aliphatic rings. The minimum absolute atomic E-state index is 0.0895. The Morgan fingerprint density at radius 3 is 2.34 bits per heavy atom. The first-order valence-electron chi connectivity index (χ1n) is 14.6. The van der Waals surface area contributed by atoms with Gasteiger partial charge in [-0.15, -0.1) is 0 Å². The first kappa shape index (κ1) is 29.8. The Morgan fingerprint density at radius 2 is 1.68 bits per heavy atom. The van der Waals surface area contributed by atoms with E-state index in [4.69, 9.17) is 4.74 Å². The van der Waals surface area contributed by atoms with Crippen LogP contribution in [0.2, 0.25) is 0 Å². The summed E-state index contributed by atoms with van der Waals surface area (Å²) in [7, 11) is 0. The molecule has 0 saturated heterocycles. The molecule has 1 atom stereocenters. The monoisotopic (exact) mass is 556 g/mol. The van der Waals surface area contributed by atoms with E-state index in [1.54, 1.807) is 29.3 Å². The fourth-order valence-corrected chi connectivity index (χ4v) is 5.16. The molecule has 1 heterocycles. The van der Waals surface area contributed by atoms with Gasteiger partial charge in [-0.2, -0.15) is 0 Å². The molecule has 1 saturated carbocycles. The average Bonchev–Trinajstić information content (AvgIpc) is 2.98. The number of benzene rings is 2. The fourth-order valence-electron chi connectivity index (χ4n) is 5.16. The third-order valence-electron chi connectivity index (χ3n) is 7.27. The minimum atomic E-state index is -0.870. The Bertz CT molecular complexity index is 1270. The molecule has 0 spiro atoms. The van der Waals surface area contributed by atoms with Gasteiger partial charge < -0.3 is 15.4 Å². The van der Waals surface area contributed by atoms with Crippen LogP contribution in [0.15, 0.2) is 72.9 Å². The standard InChI is InChI=1S/C33H40N4O4/c1-3-41-28-21-17-25(18-22-28)32(33(40)35-26-10-5-4-6-11-26)37(27-19-15-24(2)16-20-27)31(39)14-9-13-30(38)36-29-12-7-8-23-34-29/h7-8,12,15-23,26,32H,3-6,9-11,13-14H2,1-2H3,(H,35,40)(H,34,36,38). The third-order valence-corrected chi connectivity index (χ3v) is 7.27.